The lowest BCUT2D eigenvalue weighted by molar-refractivity contribution is 0.199. The third kappa shape index (κ3) is 5.58. The van der Waals surface area contributed by atoms with Crippen molar-refractivity contribution in [1.82, 2.24) is 30.1 Å². The molecule has 1 aliphatic rings. The maximum atomic E-state index is 13.6. The molecule has 1 fully saturated rings. The minimum atomic E-state index is -0.390. The van der Waals surface area contributed by atoms with E-state index in [0.29, 0.717) is 17.9 Å². The molecule has 1 N–H and O–H groups in total. The summed E-state index contributed by atoms with van der Waals surface area (Å²) in [5.74, 6) is 1.54. The van der Waals surface area contributed by atoms with Crippen molar-refractivity contribution >= 4 is 16.6 Å². The molecule has 2 aromatic heterocycles. The van der Waals surface area contributed by atoms with Gasteiger partial charge in [-0.3, -0.25) is 9.69 Å². The number of pyridine rings is 1. The van der Waals surface area contributed by atoms with Gasteiger partial charge in [-0.15, -0.1) is 5.10 Å². The van der Waals surface area contributed by atoms with Crippen molar-refractivity contribution < 1.29 is 4.74 Å². The van der Waals surface area contributed by atoms with E-state index >= 15 is 0 Å². The van der Waals surface area contributed by atoms with Crippen LogP contribution in [0.25, 0.3) is 10.9 Å². The molecular formula is C32H35N7O2. The van der Waals surface area contributed by atoms with E-state index in [1.54, 1.807) is 7.11 Å². The third-order valence-electron chi connectivity index (χ3n) is 8.00. The third-order valence-corrected chi connectivity index (χ3v) is 8.00. The number of aromatic nitrogens is 5. The zero-order chi connectivity index (χ0) is 28.2. The molecule has 0 bridgehead atoms. The van der Waals surface area contributed by atoms with Crippen LogP contribution < -0.4 is 15.2 Å². The molecule has 0 aliphatic carbocycles. The van der Waals surface area contributed by atoms with Crippen molar-refractivity contribution in [2.75, 3.05) is 38.2 Å². The van der Waals surface area contributed by atoms with Gasteiger partial charge in [-0.2, -0.15) is 0 Å². The Kier molecular flexibility index (Phi) is 7.78. The molecule has 9 heteroatoms. The number of H-pyrrole nitrogens is 1. The molecule has 0 saturated carbocycles. The van der Waals surface area contributed by atoms with Crippen LogP contribution in [0.3, 0.4) is 0 Å². The Morgan fingerprint density at radius 3 is 2.49 bits per heavy atom. The highest BCUT2D eigenvalue weighted by Crippen LogP contribution is 2.32. The van der Waals surface area contributed by atoms with Gasteiger partial charge in [-0.25, -0.2) is 4.68 Å². The molecule has 5 aromatic rings. The fourth-order valence-electron chi connectivity index (χ4n) is 5.75. The van der Waals surface area contributed by atoms with E-state index in [9.17, 15) is 4.79 Å². The molecular weight excluding hydrogens is 514 g/mol. The van der Waals surface area contributed by atoms with E-state index in [1.165, 1.54) is 11.1 Å². The average Bonchev–Trinajstić information content (AvgIpc) is 3.49. The number of para-hydroxylation sites is 2. The maximum absolute atomic E-state index is 13.6. The van der Waals surface area contributed by atoms with Crippen LogP contribution in [0.1, 0.15) is 35.5 Å². The highest BCUT2D eigenvalue weighted by atomic mass is 16.5. The van der Waals surface area contributed by atoms with Gasteiger partial charge in [0.2, 0.25) is 0 Å². The Bertz CT molecular complexity index is 1670. The summed E-state index contributed by atoms with van der Waals surface area (Å²) in [5.41, 5.74) is 4.90. The number of aryl methyl sites for hydroxylation is 3. The average molecular weight is 550 g/mol. The maximum Gasteiger partial charge on any atom is 0.253 e. The molecule has 3 aromatic carbocycles. The fourth-order valence-corrected chi connectivity index (χ4v) is 5.75. The first-order valence-electron chi connectivity index (χ1n) is 14.2. The van der Waals surface area contributed by atoms with E-state index in [4.69, 9.17) is 4.74 Å². The molecule has 9 nitrogen and oxygen atoms in total. The van der Waals surface area contributed by atoms with E-state index < -0.39 is 0 Å². The summed E-state index contributed by atoms with van der Waals surface area (Å²) >= 11 is 0. The minimum Gasteiger partial charge on any atom is -0.495 e. The normalized spacial score (nSPS) is 14.8. The molecule has 3 heterocycles. The van der Waals surface area contributed by atoms with Gasteiger partial charge in [0.15, 0.2) is 5.82 Å². The molecule has 1 saturated heterocycles. The molecule has 1 atom stereocenters. The van der Waals surface area contributed by atoms with Crippen molar-refractivity contribution in [3.63, 3.8) is 0 Å². The van der Waals surface area contributed by atoms with Crippen molar-refractivity contribution in [2.24, 2.45) is 0 Å². The van der Waals surface area contributed by atoms with Gasteiger partial charge >= 0.3 is 0 Å². The zero-order valence-electron chi connectivity index (χ0n) is 23.5. The lowest BCUT2D eigenvalue weighted by atomic mass is 10.0. The standard InChI is InChI=1S/C32H35N7O2/c1-3-23-13-14-27-25(21-23)22-26(32(40)33-27)30(31-34-35-36-39(31)16-15-24-9-5-4-6-10-24)38-19-17-37(18-20-38)28-11-7-8-12-29(28)41-2/h4-14,21-22,30H,3,15-20H2,1-2H3,(H,33,40). The summed E-state index contributed by atoms with van der Waals surface area (Å²) in [6.07, 6.45) is 1.72. The van der Waals surface area contributed by atoms with Gasteiger partial charge in [0.25, 0.3) is 5.56 Å². The van der Waals surface area contributed by atoms with Crippen molar-refractivity contribution in [1.29, 1.82) is 0 Å². The van der Waals surface area contributed by atoms with Gasteiger partial charge in [-0.05, 0) is 70.1 Å². The van der Waals surface area contributed by atoms with Crippen LogP contribution in [0.4, 0.5) is 5.69 Å². The quantitative estimate of drug-likeness (QED) is 0.294. The first-order valence-corrected chi connectivity index (χ1v) is 14.2. The van der Waals surface area contributed by atoms with Gasteiger partial charge in [0.05, 0.1) is 12.8 Å². The molecule has 1 aliphatic heterocycles. The number of hydrogen-bond acceptors (Lipinski definition) is 7. The van der Waals surface area contributed by atoms with Crippen LogP contribution in [0.15, 0.2) is 83.7 Å². The number of piperazine rings is 1. The van der Waals surface area contributed by atoms with Crippen molar-refractivity contribution in [2.45, 2.75) is 32.4 Å². The van der Waals surface area contributed by atoms with E-state index in [-0.39, 0.29) is 11.6 Å². The number of methoxy groups -OCH3 is 1. The van der Waals surface area contributed by atoms with Gasteiger partial charge in [-0.1, -0.05) is 55.5 Å². The van der Waals surface area contributed by atoms with Gasteiger partial charge in [0.1, 0.15) is 11.8 Å². The molecule has 6 rings (SSSR count). The number of tetrazole rings is 1. The number of hydrogen-bond donors (Lipinski definition) is 1. The smallest absolute Gasteiger partial charge is 0.253 e. The minimum absolute atomic E-state index is 0.114. The second kappa shape index (κ2) is 11.9. The first kappa shape index (κ1) is 26.7. The Hall–Kier alpha value is -4.50. The topological polar surface area (TPSA) is 92.2 Å². The number of anilines is 1. The predicted octanol–water partition coefficient (Wildman–Crippen LogP) is 4.24. The number of fused-ring (bicyclic) bond motifs is 1. The highest BCUT2D eigenvalue weighted by molar-refractivity contribution is 5.80. The summed E-state index contributed by atoms with van der Waals surface area (Å²) in [6, 6.07) is 26.3. The zero-order valence-corrected chi connectivity index (χ0v) is 23.5. The first-order chi connectivity index (χ1) is 20.1. The molecule has 210 valence electrons. The Balaban J connectivity index is 1.36. The molecule has 0 amide bonds. The van der Waals surface area contributed by atoms with Crippen LogP contribution in [0, 0.1) is 0 Å². The van der Waals surface area contributed by atoms with Crippen LogP contribution in [-0.4, -0.2) is 63.4 Å². The van der Waals surface area contributed by atoms with Crippen molar-refractivity contribution in [3.8, 4) is 5.75 Å². The lowest BCUT2D eigenvalue weighted by Crippen LogP contribution is -2.49. The second-order valence-electron chi connectivity index (χ2n) is 10.4. The summed E-state index contributed by atoms with van der Waals surface area (Å²) in [6.45, 7) is 5.80. The van der Waals surface area contributed by atoms with Crippen LogP contribution in [-0.2, 0) is 19.4 Å². The van der Waals surface area contributed by atoms with Crippen LogP contribution in [0.2, 0.25) is 0 Å². The van der Waals surface area contributed by atoms with Gasteiger partial charge < -0.3 is 14.6 Å². The highest BCUT2D eigenvalue weighted by Gasteiger charge is 2.33. The number of aromatic amines is 1. The number of rotatable bonds is 9. The monoisotopic (exact) mass is 549 g/mol. The molecule has 0 radical (unpaired) electrons. The van der Waals surface area contributed by atoms with Crippen LogP contribution >= 0.6 is 0 Å². The predicted molar refractivity (Wildman–Crippen MR) is 161 cm³/mol. The summed E-state index contributed by atoms with van der Waals surface area (Å²) in [7, 11) is 1.70. The molecule has 0 spiro atoms. The fraction of sp³-hybridized carbons (Fsp3) is 0.312. The summed E-state index contributed by atoms with van der Waals surface area (Å²) in [4.78, 5) is 21.4. The Morgan fingerprint density at radius 2 is 1.71 bits per heavy atom. The van der Waals surface area contributed by atoms with E-state index in [0.717, 1.165) is 61.4 Å². The molecule has 1 unspecified atom stereocenters. The Morgan fingerprint density at radius 1 is 0.927 bits per heavy atom. The number of benzene rings is 3. The lowest BCUT2D eigenvalue weighted by Gasteiger charge is -2.40. The molecule has 41 heavy (non-hydrogen) atoms. The SMILES string of the molecule is CCc1ccc2[nH]c(=O)c(C(c3nnnn3CCc3ccccc3)N3CCN(c4ccccc4OC)CC3)cc2c1. The van der Waals surface area contributed by atoms with Crippen LogP contribution in [0.5, 0.6) is 5.75 Å². The summed E-state index contributed by atoms with van der Waals surface area (Å²) in [5, 5.41) is 14.0. The number of nitrogens with one attached hydrogen (secondary N) is 1. The second-order valence-corrected chi connectivity index (χ2v) is 10.4. The number of nitrogens with zero attached hydrogens (tertiary/aromatic N) is 6. The van der Waals surface area contributed by atoms with E-state index in [2.05, 4.69) is 67.6 Å². The summed E-state index contributed by atoms with van der Waals surface area (Å²) < 4.78 is 7.48. The Labute approximate surface area is 239 Å². The van der Waals surface area contributed by atoms with E-state index in [1.807, 2.05) is 53.2 Å². The number of ether oxygens (including phenoxy) is 1. The largest absolute Gasteiger partial charge is 0.495 e. The van der Waals surface area contributed by atoms with Gasteiger partial charge in [0, 0.05) is 43.8 Å². The van der Waals surface area contributed by atoms with Crippen molar-refractivity contribution in [3.05, 3.63) is 112 Å².